The largest absolute Gasteiger partial charge is 0.282 e. The van der Waals surface area contributed by atoms with E-state index in [-0.39, 0.29) is 5.56 Å². The van der Waals surface area contributed by atoms with Gasteiger partial charge in [-0.15, -0.1) is 0 Å². The molecule has 0 bridgehead atoms. The molecule has 0 saturated carbocycles. The van der Waals surface area contributed by atoms with Crippen LogP contribution in [0.25, 0.3) is 11.0 Å². The van der Waals surface area contributed by atoms with Crippen LogP contribution in [0.15, 0.2) is 46.5 Å². The molecule has 21 heavy (non-hydrogen) atoms. The van der Waals surface area contributed by atoms with Gasteiger partial charge < -0.3 is 0 Å². The van der Waals surface area contributed by atoms with Crippen LogP contribution < -0.4 is 5.56 Å². The summed E-state index contributed by atoms with van der Waals surface area (Å²) in [6.45, 7) is 3.23. The lowest BCUT2D eigenvalue weighted by Crippen LogP contribution is -2.24. The summed E-state index contributed by atoms with van der Waals surface area (Å²) in [6.07, 6.45) is 3.75. The molecule has 0 aliphatic carbocycles. The number of benzene rings is 1. The molecular weight excluding hydrogens is 284 g/mol. The molecule has 0 aliphatic rings. The van der Waals surface area contributed by atoms with Crippen molar-refractivity contribution >= 4 is 22.8 Å². The summed E-state index contributed by atoms with van der Waals surface area (Å²) in [5.74, 6) is 0. The van der Waals surface area contributed by atoms with E-state index in [1.165, 1.54) is 11.8 Å². The van der Waals surface area contributed by atoms with Gasteiger partial charge in [-0.25, -0.2) is 4.98 Å². The Bertz CT molecular complexity index is 823. The average Bonchev–Trinajstić information content (AvgIpc) is 2.94. The molecule has 0 amide bonds. The van der Waals surface area contributed by atoms with Crippen molar-refractivity contribution in [1.29, 1.82) is 0 Å². The molecule has 5 nitrogen and oxygen atoms in total. The fourth-order valence-electron chi connectivity index (χ4n) is 2.25. The van der Waals surface area contributed by atoms with Gasteiger partial charge in [-0.3, -0.25) is 14.0 Å². The third-order valence-corrected chi connectivity index (χ3v) is 4.00. The zero-order chi connectivity index (χ0) is 14.8. The number of fused-ring (bicyclic) bond motifs is 1. The van der Waals surface area contributed by atoms with Crippen molar-refractivity contribution < 1.29 is 0 Å². The molecule has 108 valence electrons. The van der Waals surface area contributed by atoms with Crippen LogP contribution in [0.2, 0.25) is 0 Å². The van der Waals surface area contributed by atoms with Gasteiger partial charge in [-0.2, -0.15) is 5.10 Å². The van der Waals surface area contributed by atoms with Gasteiger partial charge in [0.25, 0.3) is 5.56 Å². The molecule has 0 saturated heterocycles. The fraction of sp³-hybridized carbons (Fsp3) is 0.267. The number of nitrogens with zero attached hydrogens (tertiary/aromatic N) is 4. The lowest BCUT2D eigenvalue weighted by Gasteiger charge is -2.09. The van der Waals surface area contributed by atoms with E-state index in [9.17, 15) is 4.79 Å². The topological polar surface area (TPSA) is 52.7 Å². The van der Waals surface area contributed by atoms with Gasteiger partial charge in [0.15, 0.2) is 10.7 Å². The van der Waals surface area contributed by atoms with Crippen molar-refractivity contribution in [2.75, 3.05) is 6.26 Å². The zero-order valence-corrected chi connectivity index (χ0v) is 12.8. The standard InChI is InChI=1S/C15H16N4OS/c1-3-18-10-12-13(17-18)14(20)19(15(16-12)21-2)9-11-7-5-4-6-8-11/h4-8,10H,3,9H2,1-2H3. The predicted octanol–water partition coefficient (Wildman–Crippen LogP) is 2.38. The molecule has 6 heteroatoms. The monoisotopic (exact) mass is 300 g/mol. The molecule has 2 heterocycles. The summed E-state index contributed by atoms with van der Waals surface area (Å²) in [4.78, 5) is 17.2. The number of aromatic nitrogens is 4. The molecule has 0 radical (unpaired) electrons. The molecule has 3 aromatic rings. The van der Waals surface area contributed by atoms with Crippen molar-refractivity contribution in [2.45, 2.75) is 25.2 Å². The minimum absolute atomic E-state index is 0.0830. The smallest absolute Gasteiger partial charge is 0.281 e. The van der Waals surface area contributed by atoms with E-state index in [1.807, 2.05) is 49.7 Å². The van der Waals surface area contributed by atoms with E-state index in [0.29, 0.717) is 22.7 Å². The van der Waals surface area contributed by atoms with E-state index >= 15 is 0 Å². The number of hydrogen-bond acceptors (Lipinski definition) is 4. The van der Waals surface area contributed by atoms with Crippen LogP contribution in [-0.2, 0) is 13.1 Å². The van der Waals surface area contributed by atoms with Crippen molar-refractivity contribution in [1.82, 2.24) is 19.3 Å². The molecule has 0 atom stereocenters. The van der Waals surface area contributed by atoms with Crippen LogP contribution in [0, 0.1) is 0 Å². The lowest BCUT2D eigenvalue weighted by molar-refractivity contribution is 0.650. The van der Waals surface area contributed by atoms with Crippen LogP contribution in [0.1, 0.15) is 12.5 Å². The van der Waals surface area contributed by atoms with Gasteiger partial charge in [0.05, 0.1) is 12.7 Å². The normalized spacial score (nSPS) is 11.1. The Morgan fingerprint density at radius 1 is 1.24 bits per heavy atom. The second-order valence-electron chi connectivity index (χ2n) is 4.69. The van der Waals surface area contributed by atoms with Crippen molar-refractivity contribution in [2.24, 2.45) is 0 Å². The van der Waals surface area contributed by atoms with Gasteiger partial charge in [0.2, 0.25) is 0 Å². The minimum Gasteiger partial charge on any atom is -0.281 e. The molecule has 0 unspecified atom stereocenters. The highest BCUT2D eigenvalue weighted by Gasteiger charge is 2.13. The van der Waals surface area contributed by atoms with Crippen molar-refractivity contribution in [3.8, 4) is 0 Å². The van der Waals surface area contributed by atoms with Crippen molar-refractivity contribution in [3.63, 3.8) is 0 Å². The molecule has 0 spiro atoms. The highest BCUT2D eigenvalue weighted by atomic mass is 32.2. The summed E-state index contributed by atoms with van der Waals surface area (Å²) in [5.41, 5.74) is 2.09. The van der Waals surface area contributed by atoms with E-state index in [0.717, 1.165) is 12.1 Å². The average molecular weight is 300 g/mol. The second-order valence-corrected chi connectivity index (χ2v) is 5.47. The van der Waals surface area contributed by atoms with Gasteiger partial charge in [-0.05, 0) is 18.7 Å². The summed E-state index contributed by atoms with van der Waals surface area (Å²) < 4.78 is 3.44. The Balaban J connectivity index is 2.16. The maximum Gasteiger partial charge on any atom is 0.282 e. The van der Waals surface area contributed by atoms with Crippen LogP contribution >= 0.6 is 11.8 Å². The summed E-state index contributed by atoms with van der Waals surface area (Å²) in [6, 6.07) is 9.91. The van der Waals surface area contributed by atoms with E-state index in [1.54, 1.807) is 9.25 Å². The summed E-state index contributed by atoms with van der Waals surface area (Å²) >= 11 is 1.48. The Labute approximate surface area is 126 Å². The maximum absolute atomic E-state index is 12.7. The molecule has 3 rings (SSSR count). The SMILES string of the molecule is CCn1cc2nc(SC)n(Cc3ccccc3)c(=O)c2n1. The van der Waals surface area contributed by atoms with Crippen LogP contribution in [0.4, 0.5) is 0 Å². The summed E-state index contributed by atoms with van der Waals surface area (Å²) in [5, 5.41) is 5.03. The molecule has 1 aromatic carbocycles. The molecule has 0 aliphatic heterocycles. The first-order valence-corrected chi connectivity index (χ1v) is 8.01. The number of aryl methyl sites for hydroxylation is 1. The third-order valence-electron chi connectivity index (χ3n) is 3.33. The molecule has 0 N–H and O–H groups in total. The first-order chi connectivity index (χ1) is 10.2. The van der Waals surface area contributed by atoms with Crippen LogP contribution in [-0.4, -0.2) is 25.6 Å². The third kappa shape index (κ3) is 2.58. The van der Waals surface area contributed by atoms with Crippen LogP contribution in [0.3, 0.4) is 0 Å². The van der Waals surface area contributed by atoms with E-state index < -0.39 is 0 Å². The number of thioether (sulfide) groups is 1. The number of rotatable bonds is 4. The van der Waals surface area contributed by atoms with Gasteiger partial charge in [0, 0.05) is 6.54 Å². The Morgan fingerprint density at radius 2 is 2.00 bits per heavy atom. The maximum atomic E-state index is 12.7. The highest BCUT2D eigenvalue weighted by molar-refractivity contribution is 7.98. The quantitative estimate of drug-likeness (QED) is 0.548. The van der Waals surface area contributed by atoms with Gasteiger partial charge >= 0.3 is 0 Å². The van der Waals surface area contributed by atoms with E-state index in [2.05, 4.69) is 10.1 Å². The number of hydrogen-bond donors (Lipinski definition) is 0. The minimum atomic E-state index is -0.0830. The predicted molar refractivity (Wildman–Crippen MR) is 84.8 cm³/mol. The van der Waals surface area contributed by atoms with Gasteiger partial charge in [0.1, 0.15) is 5.52 Å². The molecular formula is C15H16N4OS. The highest BCUT2D eigenvalue weighted by Crippen LogP contribution is 2.15. The summed E-state index contributed by atoms with van der Waals surface area (Å²) in [7, 11) is 0. The Morgan fingerprint density at radius 3 is 2.67 bits per heavy atom. The molecule has 2 aromatic heterocycles. The first kappa shape index (κ1) is 13.9. The zero-order valence-electron chi connectivity index (χ0n) is 12.0. The second kappa shape index (κ2) is 5.73. The van der Waals surface area contributed by atoms with Gasteiger partial charge in [-0.1, -0.05) is 42.1 Å². The van der Waals surface area contributed by atoms with Crippen LogP contribution in [0.5, 0.6) is 0 Å². The Hall–Kier alpha value is -2.08. The Kier molecular flexibility index (Phi) is 3.79. The fourth-order valence-corrected chi connectivity index (χ4v) is 2.80. The first-order valence-electron chi connectivity index (χ1n) is 6.79. The van der Waals surface area contributed by atoms with Crippen molar-refractivity contribution in [3.05, 3.63) is 52.4 Å². The lowest BCUT2D eigenvalue weighted by atomic mass is 10.2. The molecule has 0 fully saturated rings. The van der Waals surface area contributed by atoms with E-state index in [4.69, 9.17) is 0 Å².